The minimum Gasteiger partial charge on any atom is -0.595 e. The zero-order chi connectivity index (χ0) is 80.9. The van der Waals surface area contributed by atoms with Gasteiger partial charge in [-0.05, 0) is 25.7 Å². The van der Waals surface area contributed by atoms with Crippen molar-refractivity contribution >= 4 is 48.0 Å². The Labute approximate surface area is 647 Å². The van der Waals surface area contributed by atoms with Crippen LogP contribution in [0.2, 0.25) is 0 Å². The van der Waals surface area contributed by atoms with Crippen molar-refractivity contribution in [2.75, 3.05) is 264 Å². The van der Waals surface area contributed by atoms with Crippen LogP contribution in [-0.4, -0.2) is 334 Å². The van der Waals surface area contributed by atoms with Crippen LogP contribution in [0.3, 0.4) is 0 Å². The maximum Gasteiger partial charge on any atom is 0.222 e. The number of ether oxygens (including phenoxy) is 20. The summed E-state index contributed by atoms with van der Waals surface area (Å²) in [5.41, 5.74) is -3.31. The molecule has 0 aromatic heterocycles. The lowest BCUT2D eigenvalue weighted by Gasteiger charge is -2.33. The Morgan fingerprint density at radius 3 is 0.587 bits per heavy atom. The van der Waals surface area contributed by atoms with Crippen LogP contribution in [0.1, 0.15) is 134 Å². The Kier molecular flexibility index (Phi) is 64.4. The van der Waals surface area contributed by atoms with Gasteiger partial charge in [-0.25, -0.2) is 0 Å². The van der Waals surface area contributed by atoms with E-state index in [-0.39, 0.29) is 260 Å². The number of carbonyl (C=O) groups is 4. The number of aliphatic imine (C=N–C) groups is 4. The van der Waals surface area contributed by atoms with E-state index in [9.17, 15) is 39.6 Å². The smallest absolute Gasteiger partial charge is 0.222 e. The molecule has 0 aliphatic carbocycles. The first kappa shape index (κ1) is 103. The van der Waals surface area contributed by atoms with E-state index in [4.69, 9.17) is 94.7 Å². The Bertz CT molecular complexity index is 2040. The molecule has 640 valence electrons. The highest BCUT2D eigenvalue weighted by Gasteiger charge is 2.33. The molecule has 4 amide bonds. The summed E-state index contributed by atoms with van der Waals surface area (Å²) in [6, 6.07) is 0. The Morgan fingerprint density at radius 2 is 0.404 bits per heavy atom. The molecule has 36 heteroatoms. The van der Waals surface area contributed by atoms with E-state index < -0.39 is 52.2 Å². The van der Waals surface area contributed by atoms with Crippen molar-refractivity contribution in [2.45, 2.75) is 157 Å². The van der Waals surface area contributed by atoms with Gasteiger partial charge < -0.3 is 136 Å². The Balaban J connectivity index is 5.41. The lowest BCUT2D eigenvalue weighted by molar-refractivity contribution is -0.261. The molecule has 4 N–H and O–H groups in total. The third kappa shape index (κ3) is 78.8. The molecule has 0 heterocycles. The van der Waals surface area contributed by atoms with E-state index in [2.05, 4.69) is 41.2 Å². The van der Waals surface area contributed by atoms with E-state index in [1.54, 1.807) is 83.1 Å². The molecule has 0 aromatic rings. The van der Waals surface area contributed by atoms with E-state index >= 15 is 0 Å². The fourth-order valence-electron chi connectivity index (χ4n) is 8.18. The summed E-state index contributed by atoms with van der Waals surface area (Å²) >= 11 is 0. The maximum absolute atomic E-state index is 12.4. The van der Waals surface area contributed by atoms with Crippen LogP contribution >= 0.6 is 0 Å². The SMILES string of the molecule is CC(C)(C)OC([O-])=NCCOCCOCCC(=O)NCCCOCCOCC(COCCOCCCNC(=O)CCOCCOCCN=C([O-])OC(C)(C)C)(COCCOCCCNC(=O)CCOCCOCCN=C([O-])OC(C)(C)C)COCCOCCCNC(=O)CCOCCOCCN=C([O-])OC(C)(C)C. The van der Waals surface area contributed by atoms with E-state index in [0.717, 1.165) is 0 Å². The molecule has 0 radical (unpaired) electrons. The third-order valence-corrected chi connectivity index (χ3v) is 13.1. The first-order valence-electron chi connectivity index (χ1n) is 37.9. The van der Waals surface area contributed by atoms with Gasteiger partial charge in [0.15, 0.2) is 0 Å². The topological polar surface area (TPSA) is 443 Å². The van der Waals surface area contributed by atoms with Crippen LogP contribution in [0, 0.1) is 5.41 Å². The minimum atomic E-state index is -0.832. The van der Waals surface area contributed by atoms with Gasteiger partial charge in [0.05, 0.1) is 217 Å². The quantitative estimate of drug-likeness (QED) is 0.0352. The number of nitrogens with zero attached hydrogens (tertiary/aromatic N) is 4. The number of rotatable bonds is 72. The predicted molar refractivity (Wildman–Crippen MR) is 397 cm³/mol. The molecule has 109 heavy (non-hydrogen) atoms. The molecular formula is C73H136N8O28-4. The summed E-state index contributed by atoms with van der Waals surface area (Å²) in [4.78, 5) is 64.8. The summed E-state index contributed by atoms with van der Waals surface area (Å²) in [6.45, 7) is 31.5. The zero-order valence-electron chi connectivity index (χ0n) is 67.7. The zero-order valence-corrected chi connectivity index (χ0v) is 67.7. The van der Waals surface area contributed by atoms with Crippen LogP contribution in [0.4, 0.5) is 0 Å². The van der Waals surface area contributed by atoms with Crippen molar-refractivity contribution < 1.29 is 134 Å². The first-order valence-corrected chi connectivity index (χ1v) is 37.9. The molecule has 36 nitrogen and oxygen atoms in total. The lowest BCUT2D eigenvalue weighted by Crippen LogP contribution is -2.43. The molecule has 0 saturated carbocycles. The van der Waals surface area contributed by atoms with Crippen LogP contribution in [0.25, 0.3) is 0 Å². The predicted octanol–water partition coefficient (Wildman–Crippen LogP) is -0.0504. The summed E-state index contributed by atoms with van der Waals surface area (Å²) in [7, 11) is 0. The maximum atomic E-state index is 12.4. The van der Waals surface area contributed by atoms with E-state index in [1.807, 2.05) is 0 Å². The van der Waals surface area contributed by atoms with Crippen molar-refractivity contribution in [1.29, 1.82) is 0 Å². The van der Waals surface area contributed by atoms with Crippen molar-refractivity contribution in [2.24, 2.45) is 25.4 Å². The first-order chi connectivity index (χ1) is 52.0. The van der Waals surface area contributed by atoms with Crippen molar-refractivity contribution in [1.82, 2.24) is 21.3 Å². The molecule has 0 fully saturated rings. The number of hydrogen-bond acceptors (Lipinski definition) is 32. The minimum absolute atomic E-state index is 0.151. The molecule has 0 rings (SSSR count). The van der Waals surface area contributed by atoms with Gasteiger partial charge in [0.1, 0.15) is 24.3 Å². The number of carbonyl (C=O) groups excluding carboxylic acids is 4. The molecule has 0 spiro atoms. The summed E-state index contributed by atoms with van der Waals surface area (Å²) in [5, 5.41) is 58.2. The second-order valence-electron chi connectivity index (χ2n) is 28.3. The molecule has 0 bridgehead atoms. The second kappa shape index (κ2) is 68.0. The van der Waals surface area contributed by atoms with Crippen LogP contribution < -0.4 is 41.7 Å². The number of nitrogens with one attached hydrogen (secondary N) is 4. The van der Waals surface area contributed by atoms with E-state index in [1.165, 1.54) is 0 Å². The van der Waals surface area contributed by atoms with Crippen LogP contribution in [-0.2, 0) is 114 Å². The van der Waals surface area contributed by atoms with Gasteiger partial charge >= 0.3 is 0 Å². The number of hydrogen-bond donors (Lipinski definition) is 4. The fraction of sp³-hybridized carbons (Fsp3) is 0.890. The average molecular weight is 1570 g/mol. The lowest BCUT2D eigenvalue weighted by atomic mass is 9.92. The molecule has 0 unspecified atom stereocenters. The molecule has 0 aliphatic heterocycles. The van der Waals surface area contributed by atoms with Crippen LogP contribution in [0.5, 0.6) is 0 Å². The van der Waals surface area contributed by atoms with Crippen LogP contribution in [0.15, 0.2) is 20.0 Å². The third-order valence-electron chi connectivity index (χ3n) is 13.1. The molecule has 0 atom stereocenters. The monoisotopic (exact) mass is 1570 g/mol. The van der Waals surface area contributed by atoms with Crippen molar-refractivity contribution in [3.63, 3.8) is 0 Å². The highest BCUT2D eigenvalue weighted by atomic mass is 16.6. The summed E-state index contributed by atoms with van der Waals surface area (Å²) < 4.78 is 113. The van der Waals surface area contributed by atoms with Crippen molar-refractivity contribution in [3.8, 4) is 0 Å². The molecule has 0 saturated heterocycles. The van der Waals surface area contributed by atoms with Gasteiger partial charge in [0, 0.05) is 101 Å². The Morgan fingerprint density at radius 1 is 0.239 bits per heavy atom. The van der Waals surface area contributed by atoms with Gasteiger partial charge in [-0.1, -0.05) is 83.1 Å². The van der Waals surface area contributed by atoms with Gasteiger partial charge in [0.2, 0.25) is 23.6 Å². The highest BCUT2D eigenvalue weighted by molar-refractivity contribution is 5.77. The fourth-order valence-corrected chi connectivity index (χ4v) is 8.18. The van der Waals surface area contributed by atoms with Gasteiger partial charge in [-0.3, -0.25) is 39.1 Å². The summed E-state index contributed by atoms with van der Waals surface area (Å²) in [6.07, 6.45) is 0.381. The normalized spacial score (nSPS) is 13.3. The van der Waals surface area contributed by atoms with Gasteiger partial charge in [-0.15, -0.1) is 0 Å². The number of amides is 4. The van der Waals surface area contributed by atoms with Gasteiger partial charge in [0.25, 0.3) is 0 Å². The standard InChI is InChI=1S/C73H140N8O28/c1-69(2,3)106-65(86)78-25-37-98-45-41-94-33-17-61(82)74-21-13-29-90-49-53-102-57-73(58-103-54-50-91-30-14-22-75-62(83)18-34-95-42-46-99-38-26-79-66(87)107-70(4,5)6,59-104-55-51-92-31-15-23-76-63(84)19-35-96-43-47-100-39-27-80-67(88)108-71(7,8)9)60-105-56-52-93-32-16-24-77-64(85)20-36-97-44-48-101-40-28-81-68(89)109-72(10,11)12/h13-60H2,1-12H3,(H,74,82)(H,75,83)(H,76,84)(H,77,85)(H,78,86)(H,79,87)(H,80,88)(H,81,89)/p-4. The van der Waals surface area contributed by atoms with Gasteiger partial charge in [-0.2, -0.15) is 0 Å². The largest absolute Gasteiger partial charge is 0.595 e. The summed E-state index contributed by atoms with van der Waals surface area (Å²) in [5.74, 6) is -0.652. The van der Waals surface area contributed by atoms with Crippen molar-refractivity contribution in [3.05, 3.63) is 0 Å². The molecule has 0 aliphatic rings. The van der Waals surface area contributed by atoms with E-state index in [0.29, 0.717) is 78.3 Å². The second-order valence-corrected chi connectivity index (χ2v) is 28.3. The Hall–Kier alpha value is -5.68. The molecule has 0 aromatic carbocycles. The average Bonchev–Trinajstić information content (AvgIpc) is 0.867. The highest BCUT2D eigenvalue weighted by Crippen LogP contribution is 2.21. The molecular weight excluding hydrogens is 1440 g/mol.